The molecule has 2 nitrogen and oxygen atoms in total. The van der Waals surface area contributed by atoms with E-state index in [1.807, 2.05) is 19.9 Å². The molecule has 2 rings (SSSR count). The van der Waals surface area contributed by atoms with Crippen LogP contribution in [-0.4, -0.2) is 4.57 Å². The molecule has 2 aromatic rings. The quantitative estimate of drug-likeness (QED) is 0.727. The first-order valence-electron chi connectivity index (χ1n) is 5.72. The monoisotopic (exact) mass is 224 g/mol. The molecule has 0 saturated carbocycles. The smallest absolute Gasteiger partial charge is 0.101 e. The Balaban J connectivity index is 2.78. The van der Waals surface area contributed by atoms with Crippen molar-refractivity contribution in [2.24, 2.45) is 0 Å². The van der Waals surface area contributed by atoms with E-state index in [-0.39, 0.29) is 0 Å². The second-order valence-corrected chi connectivity index (χ2v) is 4.47. The van der Waals surface area contributed by atoms with Crippen LogP contribution in [0.25, 0.3) is 5.69 Å². The number of aryl methyl sites for hydroxylation is 3. The molecule has 0 atom stereocenters. The Morgan fingerprint density at radius 3 is 2.12 bits per heavy atom. The van der Waals surface area contributed by atoms with Crippen molar-refractivity contribution in [2.45, 2.75) is 27.7 Å². The lowest BCUT2D eigenvalue weighted by Crippen LogP contribution is -2.03. The lowest BCUT2D eigenvalue weighted by atomic mass is 10.1. The van der Waals surface area contributed by atoms with Crippen molar-refractivity contribution in [3.63, 3.8) is 0 Å². The summed E-state index contributed by atoms with van der Waals surface area (Å²) in [6.45, 7) is 8.25. The van der Waals surface area contributed by atoms with Crippen LogP contribution in [0, 0.1) is 39.0 Å². The van der Waals surface area contributed by atoms with Gasteiger partial charge in [-0.2, -0.15) is 5.26 Å². The third kappa shape index (κ3) is 1.74. The number of hydrogen-bond acceptors (Lipinski definition) is 1. The van der Waals surface area contributed by atoms with Crippen LogP contribution in [0.5, 0.6) is 0 Å². The van der Waals surface area contributed by atoms with Crippen LogP contribution < -0.4 is 0 Å². The van der Waals surface area contributed by atoms with E-state index in [1.54, 1.807) is 0 Å². The van der Waals surface area contributed by atoms with Gasteiger partial charge in [0.2, 0.25) is 0 Å². The molecule has 0 spiro atoms. The molecule has 0 aliphatic carbocycles. The van der Waals surface area contributed by atoms with E-state index >= 15 is 0 Å². The molecule has 0 N–H and O–H groups in total. The average Bonchev–Trinajstić information content (AvgIpc) is 2.56. The van der Waals surface area contributed by atoms with Gasteiger partial charge >= 0.3 is 0 Å². The summed E-state index contributed by atoms with van der Waals surface area (Å²) in [6, 6.07) is 10.5. The van der Waals surface area contributed by atoms with Gasteiger partial charge in [0.15, 0.2) is 0 Å². The zero-order chi connectivity index (χ0) is 12.6. The fourth-order valence-corrected chi connectivity index (χ4v) is 2.38. The maximum atomic E-state index is 9.08. The highest BCUT2D eigenvalue weighted by Gasteiger charge is 2.13. The first kappa shape index (κ1) is 11.5. The summed E-state index contributed by atoms with van der Waals surface area (Å²) in [6.07, 6.45) is 0. The van der Waals surface area contributed by atoms with Gasteiger partial charge in [-0.3, -0.25) is 0 Å². The highest BCUT2D eigenvalue weighted by molar-refractivity contribution is 5.52. The van der Waals surface area contributed by atoms with Crippen molar-refractivity contribution in [2.75, 3.05) is 0 Å². The van der Waals surface area contributed by atoms with Crippen LogP contribution in [0.1, 0.15) is 28.1 Å². The summed E-state index contributed by atoms with van der Waals surface area (Å²) in [5.74, 6) is 0. The number of rotatable bonds is 1. The maximum Gasteiger partial charge on any atom is 0.101 e. The van der Waals surface area contributed by atoms with Gasteiger partial charge in [0.1, 0.15) is 6.07 Å². The summed E-state index contributed by atoms with van der Waals surface area (Å²) in [7, 11) is 0. The van der Waals surface area contributed by atoms with Crippen LogP contribution in [0.3, 0.4) is 0 Å². The van der Waals surface area contributed by atoms with E-state index in [9.17, 15) is 0 Å². The van der Waals surface area contributed by atoms with Gasteiger partial charge in [-0.15, -0.1) is 0 Å². The predicted molar refractivity (Wildman–Crippen MR) is 69.4 cm³/mol. The molecule has 0 saturated heterocycles. The predicted octanol–water partition coefficient (Wildman–Crippen LogP) is 3.58. The van der Waals surface area contributed by atoms with Gasteiger partial charge < -0.3 is 4.57 Å². The minimum Gasteiger partial charge on any atom is -0.317 e. The first-order chi connectivity index (χ1) is 8.06. The van der Waals surface area contributed by atoms with Gasteiger partial charge in [0, 0.05) is 11.4 Å². The zero-order valence-electron chi connectivity index (χ0n) is 10.7. The number of aromatic nitrogens is 1. The molecular formula is C15H16N2. The summed E-state index contributed by atoms with van der Waals surface area (Å²) < 4.78 is 2.17. The minimum absolute atomic E-state index is 0.755. The van der Waals surface area contributed by atoms with Crippen molar-refractivity contribution in [3.8, 4) is 11.8 Å². The molecule has 2 heteroatoms. The Morgan fingerprint density at radius 1 is 1.06 bits per heavy atom. The molecule has 0 aliphatic heterocycles. The second-order valence-electron chi connectivity index (χ2n) is 4.47. The van der Waals surface area contributed by atoms with Crippen molar-refractivity contribution in [1.82, 2.24) is 4.57 Å². The molecule has 1 aromatic carbocycles. The van der Waals surface area contributed by atoms with Gasteiger partial charge in [-0.1, -0.05) is 18.2 Å². The molecule has 1 aromatic heterocycles. The van der Waals surface area contributed by atoms with E-state index in [1.165, 1.54) is 16.8 Å². The highest BCUT2D eigenvalue weighted by atomic mass is 15.0. The largest absolute Gasteiger partial charge is 0.317 e. The lowest BCUT2D eigenvalue weighted by molar-refractivity contribution is 0.942. The summed E-state index contributed by atoms with van der Waals surface area (Å²) in [5, 5.41) is 9.08. The van der Waals surface area contributed by atoms with Crippen LogP contribution in [0.4, 0.5) is 0 Å². The van der Waals surface area contributed by atoms with Gasteiger partial charge in [-0.05, 0) is 44.9 Å². The summed E-state index contributed by atoms with van der Waals surface area (Å²) in [4.78, 5) is 0. The number of benzene rings is 1. The van der Waals surface area contributed by atoms with E-state index < -0.39 is 0 Å². The van der Waals surface area contributed by atoms with Crippen LogP contribution in [0.2, 0.25) is 0 Å². The van der Waals surface area contributed by atoms with Crippen molar-refractivity contribution < 1.29 is 0 Å². The highest BCUT2D eigenvalue weighted by Crippen LogP contribution is 2.25. The third-order valence-electron chi connectivity index (χ3n) is 3.21. The van der Waals surface area contributed by atoms with E-state index in [0.717, 1.165) is 17.0 Å². The Kier molecular flexibility index (Phi) is 2.77. The topological polar surface area (TPSA) is 28.7 Å². The number of hydrogen-bond donors (Lipinski definition) is 0. The maximum absolute atomic E-state index is 9.08. The normalized spacial score (nSPS) is 10.3. The molecule has 0 unspecified atom stereocenters. The SMILES string of the molecule is Cc1cccc(C)c1-n1c(C)cc(C#N)c1C. The Bertz CT molecular complexity index is 592. The van der Waals surface area contributed by atoms with Crippen molar-refractivity contribution in [3.05, 3.63) is 52.3 Å². The summed E-state index contributed by atoms with van der Waals surface area (Å²) in [5.41, 5.74) is 6.54. The molecule has 1 heterocycles. The van der Waals surface area contributed by atoms with Crippen LogP contribution in [-0.2, 0) is 0 Å². The molecule has 17 heavy (non-hydrogen) atoms. The molecule has 0 aliphatic rings. The third-order valence-corrected chi connectivity index (χ3v) is 3.21. The molecular weight excluding hydrogens is 208 g/mol. The van der Waals surface area contributed by atoms with E-state index in [2.05, 4.69) is 42.7 Å². The summed E-state index contributed by atoms with van der Waals surface area (Å²) >= 11 is 0. The fraction of sp³-hybridized carbons (Fsp3) is 0.267. The van der Waals surface area contributed by atoms with Gasteiger partial charge in [-0.25, -0.2) is 0 Å². The van der Waals surface area contributed by atoms with Crippen molar-refractivity contribution in [1.29, 1.82) is 5.26 Å². The zero-order valence-corrected chi connectivity index (χ0v) is 10.7. The standard InChI is InChI=1S/C15H16N2/c1-10-6-5-7-11(2)15(10)17-12(3)8-14(9-16)13(17)4/h5-8H,1-4H3. The number of nitrogens with zero attached hydrogens (tertiary/aromatic N) is 2. The lowest BCUT2D eigenvalue weighted by Gasteiger charge is -2.15. The second kappa shape index (κ2) is 4.10. The number of para-hydroxylation sites is 1. The van der Waals surface area contributed by atoms with Gasteiger partial charge in [0.25, 0.3) is 0 Å². The fourth-order valence-electron chi connectivity index (χ4n) is 2.38. The van der Waals surface area contributed by atoms with E-state index in [4.69, 9.17) is 5.26 Å². The number of nitriles is 1. The Morgan fingerprint density at radius 2 is 1.65 bits per heavy atom. The van der Waals surface area contributed by atoms with Crippen molar-refractivity contribution >= 4 is 0 Å². The molecule has 86 valence electrons. The Labute approximate surface area is 102 Å². The minimum atomic E-state index is 0.755. The van der Waals surface area contributed by atoms with Gasteiger partial charge in [0.05, 0.1) is 11.3 Å². The molecule has 0 radical (unpaired) electrons. The molecule has 0 amide bonds. The Hall–Kier alpha value is -2.01. The molecule has 0 bridgehead atoms. The van der Waals surface area contributed by atoms with Crippen LogP contribution >= 0.6 is 0 Å². The van der Waals surface area contributed by atoms with Crippen LogP contribution in [0.15, 0.2) is 24.3 Å². The average molecular weight is 224 g/mol. The first-order valence-corrected chi connectivity index (χ1v) is 5.72. The molecule has 0 fully saturated rings. The van der Waals surface area contributed by atoms with E-state index in [0.29, 0.717) is 0 Å².